The molecule has 1 fully saturated rings. The molecule has 1 saturated heterocycles. The van der Waals surface area contributed by atoms with Crippen molar-refractivity contribution in [2.75, 3.05) is 34.0 Å². The van der Waals surface area contributed by atoms with E-state index in [0.29, 0.717) is 6.42 Å². The van der Waals surface area contributed by atoms with Gasteiger partial charge in [0.25, 0.3) is 0 Å². The average Bonchev–Trinajstić information content (AvgIpc) is 3.10. The van der Waals surface area contributed by atoms with Crippen LogP contribution >= 0.6 is 0 Å². The fraction of sp³-hybridized carbons (Fsp3) is 0.424. The normalized spacial score (nSPS) is 25.9. The highest BCUT2D eigenvalue weighted by Crippen LogP contribution is 2.36. The molecule has 16 heteroatoms. The summed E-state index contributed by atoms with van der Waals surface area (Å²) in [5, 5.41) is 60.0. The number of rotatable bonds is 13. The van der Waals surface area contributed by atoms with Gasteiger partial charge in [-0.3, -0.25) is 4.79 Å². The molecule has 0 saturated carbocycles. The highest BCUT2D eigenvalue weighted by Gasteiger charge is 2.47. The second-order valence-corrected chi connectivity index (χ2v) is 10.9. The molecule has 7 atom stereocenters. The van der Waals surface area contributed by atoms with Crippen LogP contribution in [0, 0.1) is 5.92 Å². The van der Waals surface area contributed by atoms with Gasteiger partial charge >= 0.3 is 17.9 Å². The molecule has 2 aliphatic heterocycles. The molecule has 0 bridgehead atoms. The fourth-order valence-corrected chi connectivity index (χ4v) is 5.10. The summed E-state index contributed by atoms with van der Waals surface area (Å²) in [6.07, 6.45) is -7.64. The Morgan fingerprint density at radius 2 is 1.65 bits per heavy atom. The molecule has 6 N–H and O–H groups in total. The first-order valence-corrected chi connectivity index (χ1v) is 15.0. The van der Waals surface area contributed by atoms with Crippen LogP contribution in [0.15, 0.2) is 65.9 Å². The lowest BCUT2D eigenvalue weighted by molar-refractivity contribution is -0.327. The van der Waals surface area contributed by atoms with Gasteiger partial charge in [-0.2, -0.15) is 0 Å². The maximum Gasteiger partial charge on any atom is 0.338 e. The Morgan fingerprint density at radius 3 is 2.33 bits per heavy atom. The van der Waals surface area contributed by atoms with Gasteiger partial charge in [-0.25, -0.2) is 9.59 Å². The van der Waals surface area contributed by atoms with E-state index < -0.39 is 80.5 Å². The Morgan fingerprint density at radius 1 is 0.918 bits per heavy atom. The fourth-order valence-electron chi connectivity index (χ4n) is 5.10. The lowest BCUT2D eigenvalue weighted by Crippen LogP contribution is -2.60. The Hall–Kier alpha value is -4.71. The Labute approximate surface area is 280 Å². The predicted molar refractivity (Wildman–Crippen MR) is 164 cm³/mol. The van der Waals surface area contributed by atoms with E-state index in [1.165, 1.54) is 43.5 Å². The SMILES string of the molecule is COC(=O)C1=CO[C@H](O[C@H]2O[C@H](CO)[C@@H](O)[C@H](O)[C@H]2O)C(=CCOC(=O)c2ccc(O)c(OC)c2)[C@@H]1CC(=O)OCCc1ccc(O)cc1. The van der Waals surface area contributed by atoms with Gasteiger partial charge in [0.1, 0.15) is 36.8 Å². The van der Waals surface area contributed by atoms with Gasteiger partial charge in [0.15, 0.2) is 17.8 Å². The van der Waals surface area contributed by atoms with Gasteiger partial charge in [-0.15, -0.1) is 0 Å². The summed E-state index contributed by atoms with van der Waals surface area (Å²) in [5.74, 6) is -3.68. The molecule has 0 aromatic heterocycles. The molecule has 0 spiro atoms. The average molecular weight is 691 g/mol. The topological polar surface area (TPSA) is 237 Å². The van der Waals surface area contributed by atoms with Gasteiger partial charge in [-0.05, 0) is 42.0 Å². The highest BCUT2D eigenvalue weighted by atomic mass is 16.8. The molecule has 16 nitrogen and oxygen atoms in total. The largest absolute Gasteiger partial charge is 0.508 e. The molecular formula is C33H38O16. The summed E-state index contributed by atoms with van der Waals surface area (Å²) in [5.41, 5.74) is 0.721. The van der Waals surface area contributed by atoms with Crippen LogP contribution in [0.2, 0.25) is 0 Å². The summed E-state index contributed by atoms with van der Waals surface area (Å²) in [4.78, 5) is 38.7. The number of esters is 3. The monoisotopic (exact) mass is 690 g/mol. The summed E-state index contributed by atoms with van der Waals surface area (Å²) >= 11 is 0. The standard InChI is InChI=1S/C33H38O16/c1-43-24-13-18(5-8-23(24)36)30(41)46-12-10-20-21(14-26(37)45-11-9-17-3-6-19(35)7-4-17)22(31(42)44-2)16-47-32(20)49-33-29(40)28(39)27(38)25(15-34)48-33/h3-8,10,13,16,21,25,27-29,32-36,38-40H,9,11-12,14-15H2,1-2H3/t21-,25+,27+,28-,29+,32+,33+/m0/s1. The van der Waals surface area contributed by atoms with Crippen LogP contribution in [-0.4, -0.2) is 120 Å². The van der Waals surface area contributed by atoms with Crippen molar-refractivity contribution >= 4 is 17.9 Å². The van der Waals surface area contributed by atoms with Crippen molar-refractivity contribution < 1.29 is 78.2 Å². The lowest BCUT2D eigenvalue weighted by Gasteiger charge is -2.42. The minimum absolute atomic E-state index is 0.0262. The number of carbonyl (C=O) groups is 3. The third-order valence-electron chi connectivity index (χ3n) is 7.81. The number of ether oxygens (including phenoxy) is 7. The van der Waals surface area contributed by atoms with Gasteiger partial charge in [0.2, 0.25) is 6.29 Å². The van der Waals surface area contributed by atoms with Crippen LogP contribution in [0.5, 0.6) is 17.2 Å². The predicted octanol–water partition coefficient (Wildman–Crippen LogP) is 0.212. The van der Waals surface area contributed by atoms with Crippen molar-refractivity contribution in [2.24, 2.45) is 5.92 Å². The minimum atomic E-state index is -1.82. The number of hydrogen-bond donors (Lipinski definition) is 6. The van der Waals surface area contributed by atoms with Gasteiger partial charge in [-0.1, -0.05) is 12.1 Å². The molecule has 0 radical (unpaired) electrons. The van der Waals surface area contributed by atoms with Crippen molar-refractivity contribution in [2.45, 2.75) is 49.8 Å². The molecule has 2 aliphatic rings. The number of benzene rings is 2. The van der Waals surface area contributed by atoms with E-state index in [4.69, 9.17) is 33.2 Å². The van der Waals surface area contributed by atoms with E-state index in [9.17, 15) is 45.0 Å². The number of aromatic hydroxyl groups is 2. The Kier molecular flexibility index (Phi) is 13.0. The number of aliphatic hydroxyl groups excluding tert-OH is 4. The third-order valence-corrected chi connectivity index (χ3v) is 7.81. The van der Waals surface area contributed by atoms with E-state index in [1.807, 2.05) is 0 Å². The van der Waals surface area contributed by atoms with Gasteiger partial charge in [0.05, 0.1) is 51.3 Å². The maximum absolute atomic E-state index is 13.1. The van der Waals surface area contributed by atoms with Crippen molar-refractivity contribution in [1.82, 2.24) is 0 Å². The molecule has 2 aromatic rings. The molecule has 0 unspecified atom stereocenters. The second kappa shape index (κ2) is 17.1. The first-order chi connectivity index (χ1) is 23.5. The van der Waals surface area contributed by atoms with Crippen molar-refractivity contribution in [3.8, 4) is 17.2 Å². The van der Waals surface area contributed by atoms with Gasteiger partial charge in [0, 0.05) is 17.9 Å². The quantitative estimate of drug-likeness (QED) is 0.0936. The summed E-state index contributed by atoms with van der Waals surface area (Å²) in [6, 6.07) is 10.1. The van der Waals surface area contributed by atoms with E-state index in [2.05, 4.69) is 0 Å². The van der Waals surface area contributed by atoms with Crippen LogP contribution in [0.1, 0.15) is 22.3 Å². The summed E-state index contributed by atoms with van der Waals surface area (Å²) < 4.78 is 37.6. The minimum Gasteiger partial charge on any atom is -0.508 e. The Bertz CT molecular complexity index is 1520. The first kappa shape index (κ1) is 37.1. The number of methoxy groups -OCH3 is 2. The summed E-state index contributed by atoms with van der Waals surface area (Å²) in [7, 11) is 2.42. The number of aliphatic hydroxyl groups is 4. The maximum atomic E-state index is 13.1. The van der Waals surface area contributed by atoms with Crippen LogP contribution in [0.25, 0.3) is 0 Å². The zero-order chi connectivity index (χ0) is 35.7. The summed E-state index contributed by atoms with van der Waals surface area (Å²) in [6.45, 7) is -1.24. The second-order valence-electron chi connectivity index (χ2n) is 10.9. The molecule has 4 rings (SSSR count). The zero-order valence-corrected chi connectivity index (χ0v) is 26.5. The third kappa shape index (κ3) is 9.26. The molecular weight excluding hydrogens is 652 g/mol. The molecule has 2 heterocycles. The first-order valence-electron chi connectivity index (χ1n) is 15.0. The van der Waals surface area contributed by atoms with Crippen LogP contribution in [0.3, 0.4) is 0 Å². The van der Waals surface area contributed by atoms with E-state index >= 15 is 0 Å². The van der Waals surface area contributed by atoms with Crippen molar-refractivity contribution in [1.29, 1.82) is 0 Å². The number of phenols is 2. The van der Waals surface area contributed by atoms with Crippen molar-refractivity contribution in [3.05, 3.63) is 77.1 Å². The highest BCUT2D eigenvalue weighted by molar-refractivity contribution is 5.91. The molecule has 0 amide bonds. The zero-order valence-electron chi connectivity index (χ0n) is 26.5. The molecule has 2 aromatic carbocycles. The smallest absolute Gasteiger partial charge is 0.338 e. The van der Waals surface area contributed by atoms with Crippen LogP contribution in [0.4, 0.5) is 0 Å². The van der Waals surface area contributed by atoms with Crippen LogP contribution < -0.4 is 4.74 Å². The molecule has 0 aliphatic carbocycles. The number of phenolic OH excluding ortho intramolecular Hbond substituents is 2. The molecule has 49 heavy (non-hydrogen) atoms. The lowest BCUT2D eigenvalue weighted by atomic mass is 9.86. The Balaban J connectivity index is 1.59. The number of hydrogen-bond acceptors (Lipinski definition) is 16. The van der Waals surface area contributed by atoms with Crippen LogP contribution in [-0.2, 0) is 44.4 Å². The van der Waals surface area contributed by atoms with E-state index in [1.54, 1.807) is 12.1 Å². The van der Waals surface area contributed by atoms with E-state index in [0.717, 1.165) is 18.9 Å². The number of carbonyl (C=O) groups excluding carboxylic acids is 3. The molecule has 266 valence electrons. The van der Waals surface area contributed by atoms with Gasteiger partial charge < -0.3 is 63.8 Å². The van der Waals surface area contributed by atoms with Crippen molar-refractivity contribution in [3.63, 3.8) is 0 Å². The van der Waals surface area contributed by atoms with E-state index in [-0.39, 0.29) is 40.6 Å².